The lowest BCUT2D eigenvalue weighted by molar-refractivity contribution is 0.0596. The molecule has 8 nitrogen and oxygen atoms in total. The van der Waals surface area contributed by atoms with Crippen LogP contribution in [0.3, 0.4) is 0 Å². The van der Waals surface area contributed by atoms with Crippen LogP contribution < -0.4 is 10.5 Å². The zero-order valence-electron chi connectivity index (χ0n) is 16.1. The van der Waals surface area contributed by atoms with Crippen LogP contribution in [0, 0.1) is 20.8 Å². The summed E-state index contributed by atoms with van der Waals surface area (Å²) in [4.78, 5) is 24.5. The summed E-state index contributed by atoms with van der Waals surface area (Å²) in [6, 6.07) is 2.77. The van der Waals surface area contributed by atoms with Gasteiger partial charge < -0.3 is 30.5 Å². The highest BCUT2D eigenvalue weighted by atomic mass is 16.5. The van der Waals surface area contributed by atoms with Gasteiger partial charge in [0.1, 0.15) is 34.1 Å². The van der Waals surface area contributed by atoms with Gasteiger partial charge in [0.15, 0.2) is 0 Å². The Bertz CT molecular complexity index is 951. The van der Waals surface area contributed by atoms with E-state index < -0.39 is 17.7 Å². The highest BCUT2D eigenvalue weighted by Gasteiger charge is 2.25. The third-order valence-corrected chi connectivity index (χ3v) is 4.47. The summed E-state index contributed by atoms with van der Waals surface area (Å²) in [6.45, 7) is 4.75. The van der Waals surface area contributed by atoms with Crippen LogP contribution in [0.1, 0.15) is 43.0 Å². The maximum absolute atomic E-state index is 12.7. The molecular formula is C20H23NO7. The topological polar surface area (TPSA) is 139 Å². The molecule has 0 saturated carbocycles. The van der Waals surface area contributed by atoms with E-state index in [1.54, 1.807) is 6.92 Å². The summed E-state index contributed by atoms with van der Waals surface area (Å²) in [5.41, 5.74) is 6.33. The molecule has 150 valence electrons. The number of ether oxygens (including phenoxy) is 2. The number of rotatable bonds is 5. The molecule has 2 aromatic rings. The van der Waals surface area contributed by atoms with Crippen LogP contribution in [0.2, 0.25) is 0 Å². The van der Waals surface area contributed by atoms with Gasteiger partial charge in [-0.2, -0.15) is 0 Å². The second-order valence-corrected chi connectivity index (χ2v) is 6.37. The molecule has 28 heavy (non-hydrogen) atoms. The van der Waals surface area contributed by atoms with Gasteiger partial charge in [0.25, 0.3) is 0 Å². The first-order valence-corrected chi connectivity index (χ1v) is 8.52. The SMILES string of the molecule is COC(=O)c1c(C)cc(OC(=O)c2c(C)cc(O)c(CCN)c2O)c(C)c1O. The lowest BCUT2D eigenvalue weighted by Crippen LogP contribution is -2.14. The van der Waals surface area contributed by atoms with Crippen molar-refractivity contribution in [3.63, 3.8) is 0 Å². The average Bonchev–Trinajstić information content (AvgIpc) is 2.62. The number of phenolic OH excluding ortho intramolecular Hbond substituents is 3. The van der Waals surface area contributed by atoms with E-state index >= 15 is 0 Å². The predicted octanol–water partition coefficient (Wildman–Crippen LogP) is 2.24. The van der Waals surface area contributed by atoms with Crippen molar-refractivity contribution in [2.75, 3.05) is 13.7 Å². The smallest absolute Gasteiger partial charge is 0.347 e. The Morgan fingerprint density at radius 1 is 0.964 bits per heavy atom. The monoisotopic (exact) mass is 389 g/mol. The van der Waals surface area contributed by atoms with Crippen LogP contribution in [-0.4, -0.2) is 40.9 Å². The lowest BCUT2D eigenvalue weighted by atomic mass is 9.99. The fraction of sp³-hybridized carbons (Fsp3) is 0.300. The molecule has 0 aliphatic carbocycles. The molecule has 2 rings (SSSR count). The number of aryl methyl sites for hydroxylation is 2. The molecule has 5 N–H and O–H groups in total. The van der Waals surface area contributed by atoms with E-state index in [0.29, 0.717) is 11.1 Å². The number of methoxy groups -OCH3 is 1. The van der Waals surface area contributed by atoms with Crippen LogP contribution >= 0.6 is 0 Å². The Balaban J connectivity index is 2.49. The van der Waals surface area contributed by atoms with Crippen LogP contribution in [-0.2, 0) is 11.2 Å². The summed E-state index contributed by atoms with van der Waals surface area (Å²) in [7, 11) is 1.19. The maximum atomic E-state index is 12.7. The number of nitrogens with two attached hydrogens (primary N) is 1. The van der Waals surface area contributed by atoms with E-state index in [-0.39, 0.29) is 52.5 Å². The second kappa shape index (κ2) is 8.18. The number of carbonyl (C=O) groups excluding carboxylic acids is 2. The fourth-order valence-corrected chi connectivity index (χ4v) is 2.96. The van der Waals surface area contributed by atoms with Crippen LogP contribution in [0.5, 0.6) is 23.0 Å². The average molecular weight is 389 g/mol. The molecule has 0 amide bonds. The standard InChI is InChI=1S/C20H23NO7/c1-9-7-13(22)12(5-6-21)18(24)16(9)20(26)28-14-8-10(2)15(19(25)27-4)17(23)11(14)3/h7-8,22-24H,5-6,21H2,1-4H3. The van der Waals surface area contributed by atoms with E-state index in [1.807, 2.05) is 0 Å². The molecule has 0 saturated heterocycles. The van der Waals surface area contributed by atoms with Crippen molar-refractivity contribution < 1.29 is 34.4 Å². The first-order chi connectivity index (χ1) is 13.1. The fourth-order valence-electron chi connectivity index (χ4n) is 2.96. The van der Waals surface area contributed by atoms with E-state index in [1.165, 1.54) is 33.1 Å². The largest absolute Gasteiger partial charge is 0.508 e. The third kappa shape index (κ3) is 3.72. The number of aromatic hydroxyl groups is 3. The normalized spacial score (nSPS) is 10.6. The van der Waals surface area contributed by atoms with E-state index in [9.17, 15) is 24.9 Å². The van der Waals surface area contributed by atoms with Crippen LogP contribution in [0.25, 0.3) is 0 Å². The predicted molar refractivity (Wildman–Crippen MR) is 101 cm³/mol. The maximum Gasteiger partial charge on any atom is 0.347 e. The van der Waals surface area contributed by atoms with Gasteiger partial charge in [-0.25, -0.2) is 9.59 Å². The van der Waals surface area contributed by atoms with Crippen molar-refractivity contribution in [1.82, 2.24) is 0 Å². The molecule has 0 aliphatic heterocycles. The highest BCUT2D eigenvalue weighted by Crippen LogP contribution is 2.37. The first kappa shape index (κ1) is 21.0. The molecule has 0 bridgehead atoms. The zero-order chi connectivity index (χ0) is 21.2. The molecule has 0 radical (unpaired) electrons. The minimum absolute atomic E-state index is 0.0197. The molecule has 0 atom stereocenters. The number of hydrogen-bond donors (Lipinski definition) is 4. The van der Waals surface area contributed by atoms with Crippen LogP contribution in [0.4, 0.5) is 0 Å². The highest BCUT2D eigenvalue weighted by molar-refractivity contribution is 5.98. The van der Waals surface area contributed by atoms with Gasteiger partial charge in [-0.3, -0.25) is 0 Å². The Kier molecular flexibility index (Phi) is 6.15. The van der Waals surface area contributed by atoms with E-state index in [0.717, 1.165) is 0 Å². The molecule has 0 heterocycles. The summed E-state index contributed by atoms with van der Waals surface area (Å²) < 4.78 is 10.0. The Labute approximate surface area is 162 Å². The number of phenols is 3. The molecule has 0 aromatic heterocycles. The van der Waals surface area contributed by atoms with Gasteiger partial charge in [-0.1, -0.05) is 0 Å². The van der Waals surface area contributed by atoms with E-state index in [4.69, 9.17) is 10.5 Å². The zero-order valence-corrected chi connectivity index (χ0v) is 16.1. The van der Waals surface area contributed by atoms with Crippen LogP contribution in [0.15, 0.2) is 12.1 Å². The van der Waals surface area contributed by atoms with Crippen molar-refractivity contribution >= 4 is 11.9 Å². The molecule has 0 fully saturated rings. The van der Waals surface area contributed by atoms with Crippen molar-refractivity contribution in [3.8, 4) is 23.0 Å². The molecular weight excluding hydrogens is 366 g/mol. The van der Waals surface area contributed by atoms with Gasteiger partial charge in [-0.15, -0.1) is 0 Å². The summed E-state index contributed by atoms with van der Waals surface area (Å²) >= 11 is 0. The minimum atomic E-state index is -0.874. The summed E-state index contributed by atoms with van der Waals surface area (Å²) in [5.74, 6) is -2.48. The summed E-state index contributed by atoms with van der Waals surface area (Å²) in [6.07, 6.45) is 0.172. The van der Waals surface area contributed by atoms with Crippen molar-refractivity contribution in [1.29, 1.82) is 0 Å². The molecule has 0 unspecified atom stereocenters. The first-order valence-electron chi connectivity index (χ1n) is 8.52. The Morgan fingerprint density at radius 2 is 1.54 bits per heavy atom. The number of benzene rings is 2. The van der Waals surface area contributed by atoms with Crippen molar-refractivity contribution in [2.24, 2.45) is 5.73 Å². The van der Waals surface area contributed by atoms with Gasteiger partial charge >= 0.3 is 11.9 Å². The molecule has 0 aliphatic rings. The number of carbonyl (C=O) groups is 2. The third-order valence-electron chi connectivity index (χ3n) is 4.47. The van der Waals surface area contributed by atoms with Gasteiger partial charge in [-0.05, 0) is 57.0 Å². The van der Waals surface area contributed by atoms with Gasteiger partial charge in [0.2, 0.25) is 0 Å². The van der Waals surface area contributed by atoms with E-state index in [2.05, 4.69) is 4.74 Å². The number of esters is 2. The quantitative estimate of drug-likeness (QED) is 0.451. The van der Waals surface area contributed by atoms with Crippen molar-refractivity contribution in [3.05, 3.63) is 45.5 Å². The van der Waals surface area contributed by atoms with Crippen molar-refractivity contribution in [2.45, 2.75) is 27.2 Å². The molecule has 2 aromatic carbocycles. The van der Waals surface area contributed by atoms with Gasteiger partial charge in [0.05, 0.1) is 7.11 Å². The number of hydrogen-bond acceptors (Lipinski definition) is 8. The summed E-state index contributed by atoms with van der Waals surface area (Å²) in [5, 5.41) is 30.7. The molecule has 8 heteroatoms. The minimum Gasteiger partial charge on any atom is -0.508 e. The second-order valence-electron chi connectivity index (χ2n) is 6.37. The Morgan fingerprint density at radius 3 is 2.11 bits per heavy atom. The molecule has 0 spiro atoms. The lowest BCUT2D eigenvalue weighted by Gasteiger charge is -2.16. The van der Waals surface area contributed by atoms with Gasteiger partial charge in [0, 0.05) is 11.1 Å². The Hall–Kier alpha value is -3.26.